The molecule has 0 saturated carbocycles. The lowest BCUT2D eigenvalue weighted by atomic mass is 10.0. The Morgan fingerprint density at radius 2 is 1.14 bits per heavy atom. The van der Waals surface area contributed by atoms with E-state index in [2.05, 4.69) is 35.6 Å². The average Bonchev–Trinajstić information content (AvgIpc) is 3.73. The van der Waals surface area contributed by atoms with E-state index in [1.54, 1.807) is 0 Å². The van der Waals surface area contributed by atoms with E-state index < -0.39 is 0 Å². The second kappa shape index (κ2) is 9.40. The molecule has 0 saturated heterocycles. The molecule has 0 spiro atoms. The zero-order chi connectivity index (χ0) is 29.2. The number of aromatic hydroxyl groups is 1. The Balaban J connectivity index is 1.54. The first-order chi connectivity index (χ1) is 21.7. The fourth-order valence-corrected chi connectivity index (χ4v) is 6.18. The van der Waals surface area contributed by atoms with Crippen molar-refractivity contribution in [3.05, 3.63) is 127 Å². The van der Waals surface area contributed by atoms with Crippen molar-refractivity contribution in [3.63, 3.8) is 0 Å². The third-order valence-corrected chi connectivity index (χ3v) is 8.25. The number of hydrogen-bond donors (Lipinski definition) is 2. The molecule has 0 fully saturated rings. The highest BCUT2D eigenvalue weighted by Crippen LogP contribution is 2.36. The Kier molecular flexibility index (Phi) is 5.21. The molecule has 10 rings (SSSR count). The van der Waals surface area contributed by atoms with Crippen molar-refractivity contribution in [1.82, 2.24) is 24.7 Å². The average molecular weight is 570 g/mol. The van der Waals surface area contributed by atoms with Crippen molar-refractivity contribution >= 4 is 72.4 Å². The normalized spacial score (nSPS) is 12.1. The predicted octanol–water partition coefficient (Wildman–Crippen LogP) is 8.92. The summed E-state index contributed by atoms with van der Waals surface area (Å²) < 4.78 is 8.25. The summed E-state index contributed by atoms with van der Waals surface area (Å²) in [6.07, 6.45) is 3.94. The number of phenols is 1. The summed E-state index contributed by atoms with van der Waals surface area (Å²) in [6, 6.07) is 37.8. The van der Waals surface area contributed by atoms with E-state index in [9.17, 15) is 5.11 Å². The molecule has 0 unspecified atom stereocenters. The van der Waals surface area contributed by atoms with Crippen molar-refractivity contribution in [2.45, 2.75) is 0 Å². The van der Waals surface area contributed by atoms with E-state index >= 15 is 0 Å². The van der Waals surface area contributed by atoms with Crippen LogP contribution in [0.25, 0.3) is 83.5 Å². The number of benzene rings is 3. The summed E-state index contributed by atoms with van der Waals surface area (Å²) in [7, 11) is 0. The molecule has 14 bridgehead atoms. The highest BCUT2D eigenvalue weighted by atomic mass is 16.5. The zero-order valence-electron chi connectivity index (χ0n) is 23.3. The molecule has 1 aliphatic heterocycles. The number of hydrogen-bond acceptors (Lipinski definition) is 5. The number of nitrogens with zero attached hydrogens (tertiary/aromatic N) is 4. The number of aromatic amines is 1. The maximum atomic E-state index is 11.6. The SMILES string of the molecule is Oc1c2cccc1c1cccc(n1)c1cccc(n1)c1cccc3c1o[nH]n1c(ccc31)c(-c1ccccc1)c1nc2C=C1. The van der Waals surface area contributed by atoms with E-state index in [0.29, 0.717) is 33.1 Å². The molecule has 7 heterocycles. The van der Waals surface area contributed by atoms with Crippen molar-refractivity contribution in [2.75, 3.05) is 0 Å². The fourth-order valence-electron chi connectivity index (χ4n) is 6.18. The topological polar surface area (TPSA) is 92.2 Å². The van der Waals surface area contributed by atoms with Gasteiger partial charge in [-0.05, 0) is 78.4 Å². The summed E-state index contributed by atoms with van der Waals surface area (Å²) in [6.45, 7) is 0. The maximum Gasteiger partial charge on any atom is 0.175 e. The smallest absolute Gasteiger partial charge is 0.175 e. The van der Waals surface area contributed by atoms with Crippen LogP contribution < -0.4 is 0 Å². The summed E-state index contributed by atoms with van der Waals surface area (Å²) in [5.74, 6) is 0.127. The number of phenolic OH excluding ortho intramolecular Hbond substituents is 1. The van der Waals surface area contributed by atoms with Crippen LogP contribution in [0.2, 0.25) is 0 Å². The molecule has 9 aromatic rings. The van der Waals surface area contributed by atoms with Crippen LogP contribution in [0.15, 0.2) is 120 Å². The van der Waals surface area contributed by atoms with Gasteiger partial charge in [0.25, 0.3) is 0 Å². The van der Waals surface area contributed by atoms with Crippen LogP contribution in [0.3, 0.4) is 0 Å². The first-order valence-corrected chi connectivity index (χ1v) is 14.4. The Morgan fingerprint density at radius 3 is 1.93 bits per heavy atom. The Morgan fingerprint density at radius 1 is 0.523 bits per heavy atom. The molecule has 208 valence electrons. The van der Waals surface area contributed by atoms with Gasteiger partial charge in [0.15, 0.2) is 5.58 Å². The molecule has 44 heavy (non-hydrogen) atoms. The number of rotatable bonds is 1. The highest BCUT2D eigenvalue weighted by Gasteiger charge is 2.16. The Labute approximate surface area is 250 Å². The minimum Gasteiger partial charge on any atom is -0.507 e. The third kappa shape index (κ3) is 3.66. The number of nitrogens with one attached hydrogen (secondary N) is 1. The first-order valence-electron chi connectivity index (χ1n) is 14.4. The van der Waals surface area contributed by atoms with E-state index in [1.807, 2.05) is 102 Å². The van der Waals surface area contributed by atoms with E-state index in [-0.39, 0.29) is 5.75 Å². The molecule has 0 radical (unpaired) electrons. The van der Waals surface area contributed by atoms with Gasteiger partial charge in [-0.25, -0.2) is 19.5 Å². The molecular formula is C37H23N5O2. The second-order valence-electron chi connectivity index (χ2n) is 10.8. The third-order valence-electron chi connectivity index (χ3n) is 8.25. The summed E-state index contributed by atoms with van der Waals surface area (Å²) >= 11 is 0. The molecule has 0 amide bonds. The summed E-state index contributed by atoms with van der Waals surface area (Å²) in [4.78, 5) is 15.0. The lowest BCUT2D eigenvalue weighted by Crippen LogP contribution is -1.94. The molecular weight excluding hydrogens is 546 g/mol. The van der Waals surface area contributed by atoms with Gasteiger partial charge < -0.3 is 9.63 Å². The lowest BCUT2D eigenvalue weighted by Gasteiger charge is -2.08. The molecule has 7 nitrogen and oxygen atoms in total. The number of para-hydroxylation sites is 2. The van der Waals surface area contributed by atoms with Gasteiger partial charge >= 0.3 is 0 Å². The minimum absolute atomic E-state index is 0.127. The molecule has 0 atom stereocenters. The van der Waals surface area contributed by atoms with Gasteiger partial charge in [-0.1, -0.05) is 54.6 Å². The van der Waals surface area contributed by atoms with Crippen molar-refractivity contribution in [2.24, 2.45) is 0 Å². The Bertz CT molecular complexity index is 2630. The lowest BCUT2D eigenvalue weighted by molar-refractivity contribution is 0.392. The van der Waals surface area contributed by atoms with Gasteiger partial charge in [0.05, 0.1) is 44.5 Å². The molecule has 7 heteroatoms. The predicted molar refractivity (Wildman–Crippen MR) is 176 cm³/mol. The highest BCUT2D eigenvalue weighted by molar-refractivity contribution is 6.08. The van der Waals surface area contributed by atoms with Crippen LogP contribution in [-0.4, -0.2) is 29.8 Å². The van der Waals surface area contributed by atoms with Crippen LogP contribution in [0, 0.1) is 0 Å². The van der Waals surface area contributed by atoms with Gasteiger partial charge in [-0.15, -0.1) is 0 Å². The molecule has 0 aliphatic carbocycles. The number of pyridine rings is 2. The number of fused-ring (bicyclic) bond motifs is 1. The van der Waals surface area contributed by atoms with Gasteiger partial charge in [-0.3, -0.25) is 0 Å². The molecule has 3 aromatic carbocycles. The second-order valence-corrected chi connectivity index (χ2v) is 10.8. The van der Waals surface area contributed by atoms with Crippen molar-refractivity contribution in [1.29, 1.82) is 0 Å². The van der Waals surface area contributed by atoms with Crippen molar-refractivity contribution in [3.8, 4) is 16.9 Å². The van der Waals surface area contributed by atoms with Crippen LogP contribution in [0.1, 0.15) is 11.4 Å². The van der Waals surface area contributed by atoms with Gasteiger partial charge in [0, 0.05) is 27.1 Å². The minimum atomic E-state index is 0.127. The van der Waals surface area contributed by atoms with Gasteiger partial charge in [-0.2, -0.15) is 5.27 Å². The Hall–Kier alpha value is -6.21. The summed E-state index contributed by atoms with van der Waals surface area (Å²) in [5.41, 5.74) is 8.75. The van der Waals surface area contributed by atoms with Crippen molar-refractivity contribution < 1.29 is 9.63 Å². The fraction of sp³-hybridized carbons (Fsp3) is 0. The van der Waals surface area contributed by atoms with Gasteiger partial charge in [0.1, 0.15) is 5.75 Å². The quantitative estimate of drug-likeness (QED) is 0.206. The van der Waals surface area contributed by atoms with Gasteiger partial charge in [0.2, 0.25) is 0 Å². The van der Waals surface area contributed by atoms with Crippen LogP contribution in [0.5, 0.6) is 5.75 Å². The zero-order valence-corrected chi connectivity index (χ0v) is 23.3. The van der Waals surface area contributed by atoms with Crippen LogP contribution in [0.4, 0.5) is 0 Å². The molecule has 6 aromatic heterocycles. The van der Waals surface area contributed by atoms with E-state index in [4.69, 9.17) is 19.5 Å². The van der Waals surface area contributed by atoms with E-state index in [1.165, 1.54) is 0 Å². The largest absolute Gasteiger partial charge is 0.507 e. The van der Waals surface area contributed by atoms with Crippen LogP contribution in [-0.2, 0) is 0 Å². The van der Waals surface area contributed by atoms with E-state index in [0.717, 1.165) is 49.7 Å². The summed E-state index contributed by atoms with van der Waals surface area (Å²) in [5, 5.41) is 17.8. The molecule has 2 N–H and O–H groups in total. The standard InChI is InChI=1S/C37H23N5O2/c43-36-23-10-4-11-24(36)29-18-19-32(40-29)35(22-8-2-1-3-9-22)34-21-20-33-26-13-5-12-25(37(26)44-41-42(33)34)28-15-7-17-31(39-28)30-16-6-14-27(23)38-30/h1-21,41,43H. The monoisotopic (exact) mass is 569 g/mol. The maximum absolute atomic E-state index is 11.6. The number of aromatic nitrogens is 5. The molecule has 1 aliphatic rings. The first kappa shape index (κ1) is 24.4. The van der Waals surface area contributed by atoms with Crippen LogP contribution >= 0.6 is 0 Å². The number of H-pyrrole nitrogens is 1.